The molecule has 0 aliphatic rings. The second-order valence-corrected chi connectivity index (χ2v) is 10.2. The van der Waals surface area contributed by atoms with Crippen LogP contribution in [0, 0.1) is 0 Å². The molecule has 0 radical (unpaired) electrons. The van der Waals surface area contributed by atoms with Gasteiger partial charge in [-0.25, -0.2) is 9.59 Å². The number of benzene rings is 3. The van der Waals surface area contributed by atoms with Gasteiger partial charge >= 0.3 is 11.9 Å². The molecular formula is C28H30O6. The summed E-state index contributed by atoms with van der Waals surface area (Å²) in [6, 6.07) is 16.7. The summed E-state index contributed by atoms with van der Waals surface area (Å²) in [5.74, 6) is -0.631. The lowest BCUT2D eigenvalue weighted by Crippen LogP contribution is -2.18. The molecule has 3 rings (SSSR count). The smallest absolute Gasteiger partial charge is 0.339 e. The summed E-state index contributed by atoms with van der Waals surface area (Å²) < 4.78 is 12.4. The molecule has 0 fully saturated rings. The van der Waals surface area contributed by atoms with Gasteiger partial charge in [-0.2, -0.15) is 0 Å². The standard InChI is InChI=1S/C28H30O6/c1-27(2,3)19-15-24(34-22-14-10-8-12-18(22)26(31)32)20(28(4,5)6)16-23(19)33-21-13-9-7-11-17(21)25(29)30/h7-16H,1-6H3,(H,29,30)(H,31,32). The zero-order valence-corrected chi connectivity index (χ0v) is 20.3. The number of carbonyl (C=O) groups is 2. The normalized spacial score (nSPS) is 11.7. The van der Waals surface area contributed by atoms with Crippen LogP contribution < -0.4 is 9.47 Å². The molecule has 0 saturated carbocycles. The minimum atomic E-state index is -1.07. The maximum atomic E-state index is 11.7. The van der Waals surface area contributed by atoms with Gasteiger partial charge in [-0.1, -0.05) is 65.8 Å². The predicted octanol–water partition coefficient (Wildman–Crippen LogP) is 7.26. The third-order valence-corrected chi connectivity index (χ3v) is 5.37. The van der Waals surface area contributed by atoms with E-state index >= 15 is 0 Å². The Balaban J connectivity index is 2.22. The fourth-order valence-corrected chi connectivity index (χ4v) is 3.60. The molecule has 3 aromatic rings. The number of rotatable bonds is 6. The van der Waals surface area contributed by atoms with E-state index in [-0.39, 0.29) is 33.5 Å². The van der Waals surface area contributed by atoms with Crippen LogP contribution in [0.2, 0.25) is 0 Å². The predicted molar refractivity (Wildman–Crippen MR) is 131 cm³/mol. The van der Waals surface area contributed by atoms with Gasteiger partial charge in [0, 0.05) is 11.1 Å². The van der Waals surface area contributed by atoms with Crippen LogP contribution in [0.15, 0.2) is 60.7 Å². The van der Waals surface area contributed by atoms with Crippen LogP contribution in [-0.2, 0) is 10.8 Å². The highest BCUT2D eigenvalue weighted by Crippen LogP contribution is 2.44. The van der Waals surface area contributed by atoms with Crippen molar-refractivity contribution in [2.24, 2.45) is 0 Å². The molecule has 0 spiro atoms. The van der Waals surface area contributed by atoms with Crippen molar-refractivity contribution in [1.82, 2.24) is 0 Å². The summed E-state index contributed by atoms with van der Waals surface area (Å²) >= 11 is 0. The third-order valence-electron chi connectivity index (χ3n) is 5.37. The van der Waals surface area contributed by atoms with E-state index in [1.165, 1.54) is 12.1 Å². The molecule has 3 aromatic carbocycles. The number of ether oxygens (including phenoxy) is 2. The van der Waals surface area contributed by atoms with Crippen molar-refractivity contribution < 1.29 is 29.3 Å². The molecule has 0 aliphatic heterocycles. The molecule has 0 unspecified atom stereocenters. The molecule has 0 atom stereocenters. The van der Waals surface area contributed by atoms with Gasteiger partial charge in [-0.3, -0.25) is 0 Å². The Morgan fingerprint density at radius 1 is 0.588 bits per heavy atom. The number of hydrogen-bond acceptors (Lipinski definition) is 4. The van der Waals surface area contributed by atoms with Crippen LogP contribution in [0.25, 0.3) is 0 Å². The minimum Gasteiger partial charge on any atom is -0.478 e. The van der Waals surface area contributed by atoms with Crippen molar-refractivity contribution in [3.63, 3.8) is 0 Å². The Bertz CT molecular complexity index is 1130. The number of carboxylic acid groups (broad SMARTS) is 2. The average molecular weight is 463 g/mol. The van der Waals surface area contributed by atoms with Gasteiger partial charge in [0.2, 0.25) is 0 Å². The van der Waals surface area contributed by atoms with Crippen LogP contribution in [0.3, 0.4) is 0 Å². The maximum Gasteiger partial charge on any atom is 0.339 e. The summed E-state index contributed by atoms with van der Waals surface area (Å²) in [6.45, 7) is 12.1. The number of carboxylic acids is 2. The summed E-state index contributed by atoms with van der Waals surface area (Å²) in [5.41, 5.74) is 0.959. The van der Waals surface area contributed by atoms with Gasteiger partial charge in [-0.05, 0) is 47.2 Å². The molecule has 0 aromatic heterocycles. The van der Waals surface area contributed by atoms with Gasteiger partial charge in [-0.15, -0.1) is 0 Å². The largest absolute Gasteiger partial charge is 0.478 e. The van der Waals surface area contributed by atoms with Crippen LogP contribution >= 0.6 is 0 Å². The topological polar surface area (TPSA) is 93.1 Å². The number of aromatic carboxylic acids is 2. The fraction of sp³-hybridized carbons (Fsp3) is 0.286. The lowest BCUT2D eigenvalue weighted by Gasteiger charge is -2.29. The van der Waals surface area contributed by atoms with E-state index in [1.807, 2.05) is 53.7 Å². The first-order valence-electron chi connectivity index (χ1n) is 11.0. The van der Waals surface area contributed by atoms with E-state index in [9.17, 15) is 19.8 Å². The summed E-state index contributed by atoms with van der Waals surface area (Å²) in [6.07, 6.45) is 0. The van der Waals surface area contributed by atoms with Gasteiger partial charge in [0.1, 0.15) is 34.1 Å². The lowest BCUT2D eigenvalue weighted by molar-refractivity contribution is 0.0683. The van der Waals surface area contributed by atoms with E-state index in [0.717, 1.165) is 11.1 Å². The molecule has 0 saturated heterocycles. The van der Waals surface area contributed by atoms with Gasteiger partial charge in [0.15, 0.2) is 0 Å². The maximum absolute atomic E-state index is 11.7. The first-order valence-corrected chi connectivity index (χ1v) is 11.0. The van der Waals surface area contributed by atoms with Crippen LogP contribution in [-0.4, -0.2) is 22.2 Å². The highest BCUT2D eigenvalue weighted by atomic mass is 16.5. The Hall–Kier alpha value is -3.80. The molecule has 0 amide bonds. The van der Waals surface area contributed by atoms with Crippen molar-refractivity contribution in [2.75, 3.05) is 0 Å². The molecule has 34 heavy (non-hydrogen) atoms. The zero-order chi connectivity index (χ0) is 25.3. The molecule has 6 nitrogen and oxygen atoms in total. The van der Waals surface area contributed by atoms with E-state index in [4.69, 9.17) is 9.47 Å². The van der Waals surface area contributed by atoms with Crippen molar-refractivity contribution in [3.05, 3.63) is 82.9 Å². The molecule has 178 valence electrons. The summed E-state index contributed by atoms with van der Waals surface area (Å²) in [4.78, 5) is 23.4. The quantitative estimate of drug-likeness (QED) is 0.400. The van der Waals surface area contributed by atoms with E-state index < -0.39 is 11.9 Å². The average Bonchev–Trinajstić information content (AvgIpc) is 2.73. The van der Waals surface area contributed by atoms with E-state index in [1.54, 1.807) is 36.4 Å². The first kappa shape index (κ1) is 24.8. The zero-order valence-electron chi connectivity index (χ0n) is 20.3. The monoisotopic (exact) mass is 462 g/mol. The molecule has 0 aliphatic carbocycles. The Morgan fingerprint density at radius 3 is 1.21 bits per heavy atom. The number of hydrogen-bond donors (Lipinski definition) is 2. The third kappa shape index (κ3) is 5.39. The van der Waals surface area contributed by atoms with Crippen molar-refractivity contribution in [2.45, 2.75) is 52.4 Å². The second kappa shape index (κ2) is 9.21. The van der Waals surface area contributed by atoms with Gasteiger partial charge in [0.05, 0.1) is 0 Å². The Labute approximate surface area is 199 Å². The van der Waals surface area contributed by atoms with Crippen molar-refractivity contribution >= 4 is 11.9 Å². The Morgan fingerprint density at radius 2 is 0.912 bits per heavy atom. The van der Waals surface area contributed by atoms with Crippen molar-refractivity contribution in [3.8, 4) is 23.0 Å². The van der Waals surface area contributed by atoms with Crippen molar-refractivity contribution in [1.29, 1.82) is 0 Å². The molecule has 0 bridgehead atoms. The molecule has 6 heteroatoms. The van der Waals surface area contributed by atoms with Gasteiger partial charge < -0.3 is 19.7 Å². The van der Waals surface area contributed by atoms with Crippen LogP contribution in [0.5, 0.6) is 23.0 Å². The minimum absolute atomic E-state index is 0.0652. The Kier molecular flexibility index (Phi) is 6.73. The van der Waals surface area contributed by atoms with E-state index in [2.05, 4.69) is 0 Å². The second-order valence-electron chi connectivity index (χ2n) is 10.2. The molecular weight excluding hydrogens is 432 g/mol. The number of para-hydroxylation sites is 2. The van der Waals surface area contributed by atoms with Crippen LogP contribution in [0.4, 0.5) is 0 Å². The summed E-state index contributed by atoms with van der Waals surface area (Å²) in [5, 5.41) is 19.2. The highest BCUT2D eigenvalue weighted by molar-refractivity contribution is 5.91. The SMILES string of the molecule is CC(C)(C)c1cc(Oc2ccccc2C(=O)O)c(C(C)(C)C)cc1Oc1ccccc1C(=O)O. The van der Waals surface area contributed by atoms with Crippen LogP contribution in [0.1, 0.15) is 73.4 Å². The fourth-order valence-electron chi connectivity index (χ4n) is 3.60. The lowest BCUT2D eigenvalue weighted by atomic mass is 9.80. The first-order chi connectivity index (χ1) is 15.8. The highest BCUT2D eigenvalue weighted by Gasteiger charge is 2.28. The van der Waals surface area contributed by atoms with Gasteiger partial charge in [0.25, 0.3) is 0 Å². The molecule has 2 N–H and O–H groups in total. The summed E-state index contributed by atoms with van der Waals surface area (Å²) in [7, 11) is 0. The van der Waals surface area contributed by atoms with E-state index in [0.29, 0.717) is 11.5 Å². The molecule has 0 heterocycles.